The molecule has 1 heterocycles. The Labute approximate surface area is 124 Å². The van der Waals surface area contributed by atoms with Crippen LogP contribution in [0.3, 0.4) is 0 Å². The first-order chi connectivity index (χ1) is 9.97. The van der Waals surface area contributed by atoms with Crippen LogP contribution in [-0.2, 0) is 0 Å². The highest BCUT2D eigenvalue weighted by atomic mass is 19.1. The van der Waals surface area contributed by atoms with Crippen molar-refractivity contribution in [3.05, 3.63) is 23.8 Å². The summed E-state index contributed by atoms with van der Waals surface area (Å²) in [5.74, 6) is -0.872. The van der Waals surface area contributed by atoms with E-state index in [1.165, 1.54) is 12.1 Å². The summed E-state index contributed by atoms with van der Waals surface area (Å²) in [5, 5.41) is 0. The third-order valence-electron chi connectivity index (χ3n) is 3.62. The van der Waals surface area contributed by atoms with E-state index in [-0.39, 0.29) is 11.4 Å². The predicted molar refractivity (Wildman–Crippen MR) is 80.1 cm³/mol. The molecular formula is C15H23F2N3O. The van der Waals surface area contributed by atoms with Crippen LogP contribution in [0.15, 0.2) is 12.1 Å². The number of ether oxygens (including phenoxy) is 1. The van der Waals surface area contributed by atoms with E-state index in [0.717, 1.165) is 13.1 Å². The number of likely N-dealkylation sites (N-methyl/N-ethyl adjacent to an activating group) is 2. The topological polar surface area (TPSA) is 19.0 Å². The second kappa shape index (κ2) is 7.04. The van der Waals surface area contributed by atoms with Crippen LogP contribution in [0.25, 0.3) is 0 Å². The summed E-state index contributed by atoms with van der Waals surface area (Å²) < 4.78 is 33.8. The van der Waals surface area contributed by atoms with Crippen molar-refractivity contribution in [2.24, 2.45) is 0 Å². The van der Waals surface area contributed by atoms with E-state index in [2.05, 4.69) is 4.90 Å². The Kier molecular flexibility index (Phi) is 5.36. The molecule has 1 aromatic rings. The van der Waals surface area contributed by atoms with Crippen LogP contribution in [0.4, 0.5) is 14.5 Å². The Hall–Kier alpha value is -1.40. The minimum atomic E-state index is -0.556. The smallest absolute Gasteiger partial charge is 0.153 e. The molecule has 118 valence electrons. The number of rotatable bonds is 5. The van der Waals surface area contributed by atoms with Gasteiger partial charge < -0.3 is 19.4 Å². The highest BCUT2D eigenvalue weighted by Crippen LogP contribution is 2.28. The first-order valence-corrected chi connectivity index (χ1v) is 7.17. The Morgan fingerprint density at radius 2 is 1.67 bits per heavy atom. The van der Waals surface area contributed by atoms with Gasteiger partial charge in [0.2, 0.25) is 0 Å². The summed E-state index contributed by atoms with van der Waals surface area (Å²) >= 11 is 0. The van der Waals surface area contributed by atoms with Crippen molar-refractivity contribution < 1.29 is 13.5 Å². The summed E-state index contributed by atoms with van der Waals surface area (Å²) in [5.41, 5.74) is 0.0584. The highest BCUT2D eigenvalue weighted by molar-refractivity contribution is 5.52. The molecule has 0 bridgehead atoms. The maximum Gasteiger partial charge on any atom is 0.153 e. The lowest BCUT2D eigenvalue weighted by Gasteiger charge is -2.34. The fourth-order valence-corrected chi connectivity index (χ4v) is 2.30. The molecule has 0 N–H and O–H groups in total. The summed E-state index contributed by atoms with van der Waals surface area (Å²) in [6.07, 6.45) is 0. The van der Waals surface area contributed by atoms with Gasteiger partial charge in [-0.15, -0.1) is 0 Å². The average Bonchev–Trinajstić information content (AvgIpc) is 2.40. The Bertz CT molecular complexity index is 451. The molecule has 0 unspecified atom stereocenters. The average molecular weight is 299 g/mol. The van der Waals surface area contributed by atoms with E-state index >= 15 is 0 Å². The standard InChI is InChI=1S/C15H23F2N3O/c1-18(2)8-9-21-12-10-13(16)15(14(17)11-12)20-6-4-19(3)5-7-20/h10-11H,4-9H2,1-3H3. The van der Waals surface area contributed by atoms with Crippen molar-refractivity contribution in [3.8, 4) is 5.75 Å². The third-order valence-corrected chi connectivity index (χ3v) is 3.62. The minimum absolute atomic E-state index is 0.0584. The molecule has 0 spiro atoms. The van der Waals surface area contributed by atoms with Gasteiger partial charge in [-0.05, 0) is 21.1 Å². The number of halogens is 2. The van der Waals surface area contributed by atoms with Gasteiger partial charge in [0.25, 0.3) is 0 Å². The fraction of sp³-hybridized carbons (Fsp3) is 0.600. The first-order valence-electron chi connectivity index (χ1n) is 7.17. The molecular weight excluding hydrogens is 276 g/mol. The normalized spacial score (nSPS) is 16.6. The van der Waals surface area contributed by atoms with Gasteiger partial charge in [-0.2, -0.15) is 0 Å². The van der Waals surface area contributed by atoms with Gasteiger partial charge in [0.15, 0.2) is 11.6 Å². The maximum absolute atomic E-state index is 14.2. The van der Waals surface area contributed by atoms with Crippen molar-refractivity contribution in [3.63, 3.8) is 0 Å². The van der Waals surface area contributed by atoms with Crippen molar-refractivity contribution in [1.29, 1.82) is 0 Å². The summed E-state index contributed by atoms with van der Waals surface area (Å²) in [6.45, 7) is 3.97. The van der Waals surface area contributed by atoms with E-state index in [9.17, 15) is 8.78 Å². The zero-order valence-corrected chi connectivity index (χ0v) is 12.9. The van der Waals surface area contributed by atoms with Gasteiger partial charge in [-0.1, -0.05) is 0 Å². The molecule has 21 heavy (non-hydrogen) atoms. The molecule has 1 fully saturated rings. The van der Waals surface area contributed by atoms with Gasteiger partial charge in [-0.3, -0.25) is 0 Å². The molecule has 1 aliphatic rings. The molecule has 0 radical (unpaired) electrons. The summed E-state index contributed by atoms with van der Waals surface area (Å²) in [7, 11) is 5.84. The molecule has 1 saturated heterocycles. The number of hydrogen-bond donors (Lipinski definition) is 0. The monoisotopic (exact) mass is 299 g/mol. The number of piperazine rings is 1. The number of anilines is 1. The third kappa shape index (κ3) is 4.28. The van der Waals surface area contributed by atoms with Crippen LogP contribution in [0, 0.1) is 11.6 Å². The molecule has 2 rings (SSSR count). The van der Waals surface area contributed by atoms with Gasteiger partial charge in [0.1, 0.15) is 18.0 Å². The molecule has 0 amide bonds. The molecule has 0 atom stereocenters. The Morgan fingerprint density at radius 3 is 2.19 bits per heavy atom. The van der Waals surface area contributed by atoms with Crippen LogP contribution in [-0.4, -0.2) is 70.3 Å². The fourth-order valence-electron chi connectivity index (χ4n) is 2.30. The molecule has 4 nitrogen and oxygen atoms in total. The Balaban J connectivity index is 2.06. The van der Waals surface area contributed by atoms with E-state index in [4.69, 9.17) is 4.74 Å². The minimum Gasteiger partial charge on any atom is -0.492 e. The molecule has 0 aromatic heterocycles. The number of hydrogen-bond acceptors (Lipinski definition) is 4. The second-order valence-electron chi connectivity index (χ2n) is 5.68. The lowest BCUT2D eigenvalue weighted by molar-refractivity contribution is 0.259. The van der Waals surface area contributed by atoms with Crippen LogP contribution in [0.1, 0.15) is 0 Å². The number of benzene rings is 1. The highest BCUT2D eigenvalue weighted by Gasteiger charge is 2.21. The van der Waals surface area contributed by atoms with E-state index in [0.29, 0.717) is 26.2 Å². The lowest BCUT2D eigenvalue weighted by Crippen LogP contribution is -2.45. The Morgan fingerprint density at radius 1 is 1.10 bits per heavy atom. The van der Waals surface area contributed by atoms with E-state index in [1.807, 2.05) is 26.0 Å². The van der Waals surface area contributed by atoms with Crippen LogP contribution < -0.4 is 9.64 Å². The van der Waals surface area contributed by atoms with Crippen molar-refractivity contribution in [2.75, 3.05) is 65.4 Å². The SMILES string of the molecule is CN(C)CCOc1cc(F)c(N2CCN(C)CC2)c(F)c1. The van der Waals surface area contributed by atoms with Crippen molar-refractivity contribution in [1.82, 2.24) is 9.80 Å². The molecule has 6 heteroatoms. The molecule has 0 aliphatic carbocycles. The zero-order valence-electron chi connectivity index (χ0n) is 12.9. The van der Waals surface area contributed by atoms with Crippen LogP contribution >= 0.6 is 0 Å². The maximum atomic E-state index is 14.2. The lowest BCUT2D eigenvalue weighted by atomic mass is 10.2. The van der Waals surface area contributed by atoms with Gasteiger partial charge >= 0.3 is 0 Å². The van der Waals surface area contributed by atoms with Crippen molar-refractivity contribution >= 4 is 5.69 Å². The molecule has 1 aliphatic heterocycles. The van der Waals surface area contributed by atoms with Crippen LogP contribution in [0.5, 0.6) is 5.75 Å². The van der Waals surface area contributed by atoms with Gasteiger partial charge in [-0.25, -0.2) is 8.78 Å². The predicted octanol–water partition coefficient (Wildman–Crippen LogP) is 1.66. The van der Waals surface area contributed by atoms with Gasteiger partial charge in [0.05, 0.1) is 0 Å². The second-order valence-corrected chi connectivity index (χ2v) is 5.68. The zero-order chi connectivity index (χ0) is 15.4. The van der Waals surface area contributed by atoms with Crippen LogP contribution in [0.2, 0.25) is 0 Å². The summed E-state index contributed by atoms with van der Waals surface area (Å²) in [6, 6.07) is 2.54. The van der Waals surface area contributed by atoms with Gasteiger partial charge in [0, 0.05) is 44.9 Å². The largest absolute Gasteiger partial charge is 0.492 e. The summed E-state index contributed by atoms with van der Waals surface area (Å²) in [4.78, 5) is 5.85. The molecule has 1 aromatic carbocycles. The van der Waals surface area contributed by atoms with E-state index in [1.54, 1.807) is 4.90 Å². The number of nitrogens with zero attached hydrogens (tertiary/aromatic N) is 3. The van der Waals surface area contributed by atoms with Crippen molar-refractivity contribution in [2.45, 2.75) is 0 Å². The molecule has 0 saturated carbocycles. The quantitative estimate of drug-likeness (QED) is 0.823. The van der Waals surface area contributed by atoms with E-state index < -0.39 is 11.6 Å². The first kappa shape index (κ1) is 16.0.